The molecule has 0 aliphatic heterocycles. The van der Waals surface area contributed by atoms with Crippen LogP contribution in [0.2, 0.25) is 0 Å². The summed E-state index contributed by atoms with van der Waals surface area (Å²) in [6.07, 6.45) is 6.57. The van der Waals surface area contributed by atoms with Crippen LogP contribution in [-0.2, 0) is 0 Å². The SMILES string of the molecule is CC1CCCC(CCl)(Nc2ncc3ccccc3n2)C1. The van der Waals surface area contributed by atoms with E-state index in [0.717, 1.165) is 23.7 Å². The predicted octanol–water partition coefficient (Wildman–Crippen LogP) is 4.23. The fourth-order valence-corrected chi connectivity index (χ4v) is 3.51. The molecule has 1 fully saturated rings. The molecule has 2 aromatic rings. The van der Waals surface area contributed by atoms with Crippen LogP contribution in [0.4, 0.5) is 5.95 Å². The molecule has 1 aliphatic carbocycles. The van der Waals surface area contributed by atoms with Crippen LogP contribution in [0.15, 0.2) is 30.5 Å². The fraction of sp³-hybridized carbons (Fsp3) is 0.500. The number of hydrogen-bond acceptors (Lipinski definition) is 3. The first-order valence-corrected chi connectivity index (χ1v) is 7.80. The lowest BCUT2D eigenvalue weighted by atomic mass is 9.77. The molecule has 4 heteroatoms. The van der Waals surface area contributed by atoms with Gasteiger partial charge in [0.1, 0.15) is 0 Å². The Morgan fingerprint density at radius 1 is 1.40 bits per heavy atom. The highest BCUT2D eigenvalue weighted by atomic mass is 35.5. The summed E-state index contributed by atoms with van der Waals surface area (Å²) in [5.74, 6) is 2.00. The van der Waals surface area contributed by atoms with Crippen molar-refractivity contribution in [3.63, 3.8) is 0 Å². The number of rotatable bonds is 3. The second-order valence-corrected chi connectivity index (χ2v) is 6.26. The van der Waals surface area contributed by atoms with Crippen molar-refractivity contribution in [3.05, 3.63) is 30.5 Å². The van der Waals surface area contributed by atoms with E-state index in [2.05, 4.69) is 22.2 Å². The summed E-state index contributed by atoms with van der Waals surface area (Å²) in [6, 6.07) is 8.04. The molecule has 2 unspecified atom stereocenters. The number of para-hydroxylation sites is 1. The Kier molecular flexibility index (Phi) is 3.79. The van der Waals surface area contributed by atoms with Gasteiger partial charge < -0.3 is 5.32 Å². The number of anilines is 1. The highest BCUT2D eigenvalue weighted by Gasteiger charge is 2.34. The van der Waals surface area contributed by atoms with Crippen LogP contribution in [-0.4, -0.2) is 21.4 Å². The molecule has 0 saturated heterocycles. The molecule has 1 aromatic carbocycles. The fourth-order valence-electron chi connectivity index (χ4n) is 3.20. The maximum Gasteiger partial charge on any atom is 0.223 e. The maximum atomic E-state index is 6.25. The molecule has 0 radical (unpaired) electrons. The van der Waals surface area contributed by atoms with Crippen molar-refractivity contribution in [3.8, 4) is 0 Å². The normalized spacial score (nSPS) is 26.6. The molecule has 106 valence electrons. The van der Waals surface area contributed by atoms with E-state index in [1.54, 1.807) is 0 Å². The molecule has 1 heterocycles. The first-order valence-electron chi connectivity index (χ1n) is 7.27. The number of alkyl halides is 1. The highest BCUT2D eigenvalue weighted by Crippen LogP contribution is 2.35. The molecule has 3 rings (SSSR count). The van der Waals surface area contributed by atoms with Gasteiger partial charge in [0.25, 0.3) is 0 Å². The summed E-state index contributed by atoms with van der Waals surface area (Å²) >= 11 is 6.25. The number of nitrogens with zero attached hydrogens (tertiary/aromatic N) is 2. The smallest absolute Gasteiger partial charge is 0.223 e. The topological polar surface area (TPSA) is 37.8 Å². The quantitative estimate of drug-likeness (QED) is 0.859. The van der Waals surface area contributed by atoms with Crippen molar-refractivity contribution in [2.24, 2.45) is 5.92 Å². The van der Waals surface area contributed by atoms with Gasteiger partial charge >= 0.3 is 0 Å². The Balaban J connectivity index is 1.87. The van der Waals surface area contributed by atoms with Crippen LogP contribution < -0.4 is 5.32 Å². The van der Waals surface area contributed by atoms with E-state index < -0.39 is 0 Å². The number of hydrogen-bond donors (Lipinski definition) is 1. The average molecular weight is 290 g/mol. The molecule has 2 atom stereocenters. The summed E-state index contributed by atoms with van der Waals surface area (Å²) in [5.41, 5.74) is 0.917. The van der Waals surface area contributed by atoms with Gasteiger partial charge in [-0.2, -0.15) is 0 Å². The molecular formula is C16H20ClN3. The third kappa shape index (κ3) is 2.73. The minimum absolute atomic E-state index is 0.0539. The summed E-state index contributed by atoms with van der Waals surface area (Å²) in [7, 11) is 0. The second-order valence-electron chi connectivity index (χ2n) is 5.99. The molecule has 3 nitrogen and oxygen atoms in total. The van der Waals surface area contributed by atoms with Crippen LogP contribution in [0.1, 0.15) is 32.6 Å². The summed E-state index contributed by atoms with van der Waals surface area (Å²) in [6.45, 7) is 2.30. The molecule has 20 heavy (non-hydrogen) atoms. The van der Waals surface area contributed by atoms with Crippen molar-refractivity contribution in [2.45, 2.75) is 38.1 Å². The molecule has 1 aliphatic rings. The van der Waals surface area contributed by atoms with Crippen LogP contribution in [0.5, 0.6) is 0 Å². The molecule has 0 spiro atoms. The summed E-state index contributed by atoms with van der Waals surface area (Å²) in [4.78, 5) is 9.04. The molecule has 0 amide bonds. The highest BCUT2D eigenvalue weighted by molar-refractivity contribution is 6.18. The largest absolute Gasteiger partial charge is 0.348 e. The van der Waals surface area contributed by atoms with Gasteiger partial charge in [-0.05, 0) is 24.8 Å². The predicted molar refractivity (Wildman–Crippen MR) is 84.2 cm³/mol. The Morgan fingerprint density at radius 2 is 2.25 bits per heavy atom. The Labute approximate surface area is 124 Å². The lowest BCUT2D eigenvalue weighted by Crippen LogP contribution is -2.44. The van der Waals surface area contributed by atoms with Crippen molar-refractivity contribution < 1.29 is 0 Å². The number of nitrogens with one attached hydrogen (secondary N) is 1. The van der Waals surface area contributed by atoms with Gasteiger partial charge in [0, 0.05) is 17.5 Å². The molecule has 1 N–H and O–H groups in total. The van der Waals surface area contributed by atoms with Crippen molar-refractivity contribution in [1.29, 1.82) is 0 Å². The zero-order valence-corrected chi connectivity index (χ0v) is 12.5. The first-order chi connectivity index (χ1) is 9.71. The third-order valence-corrected chi connectivity index (χ3v) is 4.72. The zero-order chi connectivity index (χ0) is 14.0. The molecule has 1 aromatic heterocycles. The van der Waals surface area contributed by atoms with E-state index in [1.807, 2.05) is 30.5 Å². The summed E-state index contributed by atoms with van der Waals surface area (Å²) < 4.78 is 0. The van der Waals surface area contributed by atoms with E-state index >= 15 is 0 Å². The first kappa shape index (κ1) is 13.6. The standard InChI is InChI=1S/C16H20ClN3/c1-12-5-4-8-16(9-12,11-17)20-15-18-10-13-6-2-3-7-14(13)19-15/h2-3,6-7,10,12H,4-5,8-9,11H2,1H3,(H,18,19,20). The van der Waals surface area contributed by atoms with Crippen LogP contribution in [0, 0.1) is 5.92 Å². The number of aromatic nitrogens is 2. The average Bonchev–Trinajstić information content (AvgIpc) is 2.47. The summed E-state index contributed by atoms with van der Waals surface area (Å²) in [5, 5.41) is 4.58. The van der Waals surface area contributed by atoms with Crippen LogP contribution in [0.25, 0.3) is 10.9 Å². The minimum Gasteiger partial charge on any atom is -0.348 e. The molecular weight excluding hydrogens is 270 g/mol. The van der Waals surface area contributed by atoms with E-state index in [0.29, 0.717) is 17.7 Å². The van der Waals surface area contributed by atoms with Gasteiger partial charge in [-0.1, -0.05) is 38.0 Å². The van der Waals surface area contributed by atoms with Gasteiger partial charge in [0.05, 0.1) is 11.1 Å². The lowest BCUT2D eigenvalue weighted by molar-refractivity contribution is 0.278. The Morgan fingerprint density at radius 3 is 3.05 bits per heavy atom. The van der Waals surface area contributed by atoms with E-state index in [4.69, 9.17) is 11.6 Å². The number of fused-ring (bicyclic) bond motifs is 1. The zero-order valence-electron chi connectivity index (χ0n) is 11.8. The monoisotopic (exact) mass is 289 g/mol. The third-order valence-electron chi connectivity index (χ3n) is 4.21. The van der Waals surface area contributed by atoms with Gasteiger partial charge in [-0.15, -0.1) is 11.6 Å². The van der Waals surface area contributed by atoms with Crippen molar-refractivity contribution in [2.75, 3.05) is 11.2 Å². The minimum atomic E-state index is -0.0539. The van der Waals surface area contributed by atoms with Crippen LogP contribution in [0.3, 0.4) is 0 Å². The van der Waals surface area contributed by atoms with E-state index in [1.165, 1.54) is 12.8 Å². The number of benzene rings is 1. The molecule has 1 saturated carbocycles. The Bertz CT molecular complexity index is 601. The van der Waals surface area contributed by atoms with E-state index in [-0.39, 0.29) is 5.54 Å². The maximum absolute atomic E-state index is 6.25. The van der Waals surface area contributed by atoms with Gasteiger partial charge in [-0.25, -0.2) is 9.97 Å². The van der Waals surface area contributed by atoms with Crippen LogP contribution >= 0.6 is 11.6 Å². The van der Waals surface area contributed by atoms with Gasteiger partial charge in [0.2, 0.25) is 5.95 Å². The van der Waals surface area contributed by atoms with Gasteiger partial charge in [0.15, 0.2) is 0 Å². The Hall–Kier alpha value is -1.35. The lowest BCUT2D eigenvalue weighted by Gasteiger charge is -2.39. The number of halogens is 1. The second kappa shape index (κ2) is 5.57. The van der Waals surface area contributed by atoms with Crippen molar-refractivity contribution >= 4 is 28.5 Å². The molecule has 0 bridgehead atoms. The van der Waals surface area contributed by atoms with E-state index in [9.17, 15) is 0 Å². The van der Waals surface area contributed by atoms with Crippen molar-refractivity contribution in [1.82, 2.24) is 9.97 Å². The van der Waals surface area contributed by atoms with Gasteiger partial charge in [-0.3, -0.25) is 0 Å².